The van der Waals surface area contributed by atoms with Gasteiger partial charge in [-0.3, -0.25) is 0 Å². The number of piperidine rings is 2. The van der Waals surface area contributed by atoms with E-state index in [1.54, 1.807) is 11.1 Å². The highest BCUT2D eigenvalue weighted by molar-refractivity contribution is 15.0. The Hall–Kier alpha value is -1.10. The van der Waals surface area contributed by atoms with E-state index in [4.69, 9.17) is 0 Å². The van der Waals surface area contributed by atoms with Crippen LogP contribution in [0.4, 0.5) is 0 Å². The molecule has 262 valence electrons. The molecule has 2 saturated heterocycles. The molecule has 4 aliphatic heterocycles. The molecule has 4 bridgehead atoms. The van der Waals surface area contributed by atoms with Gasteiger partial charge in [-0.1, -0.05) is 91.8 Å². The fourth-order valence-corrected chi connectivity index (χ4v) is 10.4. The molecule has 6 heteroatoms. The molecule has 0 saturated carbocycles. The number of aromatic amines is 2. The molecule has 2 aromatic carbocycles. The molecule has 6 atom stereocenters. The summed E-state index contributed by atoms with van der Waals surface area (Å²) in [6.07, 6.45) is 6.32. The summed E-state index contributed by atoms with van der Waals surface area (Å²) in [5, 5.41) is 2.88. The molecule has 2 N–H and O–H groups in total. The summed E-state index contributed by atoms with van der Waals surface area (Å²) < 4.78 is 0. The quantitative estimate of drug-likeness (QED) is 0.173. The van der Waals surface area contributed by atoms with E-state index in [0.717, 1.165) is 23.7 Å². The minimum Gasteiger partial charge on any atom is -0.358 e. The molecule has 0 aliphatic carbocycles. The Morgan fingerprint density at radius 2 is 1.19 bits per heavy atom. The Morgan fingerprint density at radius 3 is 1.77 bits per heavy atom. The average Bonchev–Trinajstić information content (AvgIpc) is 3.62. The van der Waals surface area contributed by atoms with Gasteiger partial charge in [0.2, 0.25) is 0 Å². The van der Waals surface area contributed by atoms with Crippen LogP contribution in [-0.4, -0.2) is 59.0 Å². The third-order valence-corrected chi connectivity index (χ3v) is 12.8. The maximum Gasteiger partial charge on any atom is 0.0459 e. The average molecular weight is 875 g/mol. The number of rotatable bonds is 0. The first-order valence-electron chi connectivity index (χ1n) is 18.6. The van der Waals surface area contributed by atoms with E-state index in [2.05, 4.69) is 161 Å². The van der Waals surface area contributed by atoms with Gasteiger partial charge in [0.25, 0.3) is 0 Å². The molecule has 4 aromatic rings. The van der Waals surface area contributed by atoms with Gasteiger partial charge in [0.15, 0.2) is 0 Å². The largest absolute Gasteiger partial charge is 0.358 e. The van der Waals surface area contributed by atoms with Crippen molar-refractivity contribution in [3.8, 4) is 0 Å². The van der Waals surface area contributed by atoms with Gasteiger partial charge in [-0.15, -0.1) is 0 Å². The zero-order chi connectivity index (χ0) is 34.4. The van der Waals surface area contributed by atoms with Crippen LogP contribution in [0.2, 0.25) is 0 Å². The lowest BCUT2D eigenvalue weighted by Gasteiger charge is -2.49. The van der Waals surface area contributed by atoms with Gasteiger partial charge in [0.1, 0.15) is 0 Å². The fourth-order valence-electron chi connectivity index (χ4n) is 10.4. The number of nitrogens with zero attached hydrogens (tertiary/aromatic N) is 2. The predicted octanol–water partition coefficient (Wildman–Crippen LogP) is 11.1. The van der Waals surface area contributed by atoms with Crippen molar-refractivity contribution in [3.05, 3.63) is 71.0 Å². The normalized spacial score (nSPS) is 30.3. The molecule has 6 unspecified atom stereocenters. The second-order valence-corrected chi connectivity index (χ2v) is 18.0. The smallest absolute Gasteiger partial charge is 0.0459 e. The molecule has 0 spiro atoms. The molecule has 48 heavy (non-hydrogen) atoms. The van der Waals surface area contributed by atoms with Crippen molar-refractivity contribution in [3.63, 3.8) is 0 Å². The van der Waals surface area contributed by atoms with Crippen LogP contribution in [0.15, 0.2) is 48.5 Å². The zero-order valence-corrected chi connectivity index (χ0v) is 35.2. The Morgan fingerprint density at radius 1 is 0.667 bits per heavy atom. The Kier molecular flexibility index (Phi) is 11.1. The van der Waals surface area contributed by atoms with Gasteiger partial charge in [-0.05, 0) is 84.5 Å². The van der Waals surface area contributed by atoms with Gasteiger partial charge < -0.3 is 19.8 Å². The lowest BCUT2D eigenvalue weighted by Crippen LogP contribution is -2.51. The third-order valence-electron chi connectivity index (χ3n) is 12.8. The van der Waals surface area contributed by atoms with E-state index in [0.29, 0.717) is 5.41 Å². The van der Waals surface area contributed by atoms with Crippen molar-refractivity contribution in [1.82, 2.24) is 19.8 Å². The summed E-state index contributed by atoms with van der Waals surface area (Å²) >= 11 is 4.24. The number of aromatic nitrogens is 2. The Balaban J connectivity index is 0.000000160. The highest BCUT2D eigenvalue weighted by Gasteiger charge is 2.43. The van der Waals surface area contributed by atoms with Crippen molar-refractivity contribution < 1.29 is 0 Å². The summed E-state index contributed by atoms with van der Waals surface area (Å²) in [5.74, 6) is 3.25. The molecule has 4 nitrogen and oxygen atoms in total. The number of hydrogen-bond donors (Lipinski definition) is 2. The van der Waals surface area contributed by atoms with E-state index < -0.39 is 0 Å². The highest BCUT2D eigenvalue weighted by Crippen LogP contribution is 2.46. The van der Waals surface area contributed by atoms with E-state index in [-0.39, 0.29) is 10.8 Å². The number of halogens is 2. The van der Waals surface area contributed by atoms with Crippen LogP contribution in [-0.2, 0) is 23.7 Å². The highest BCUT2D eigenvalue weighted by atomic mass is 128. The molecular formula is C42H60I2N4. The summed E-state index contributed by atoms with van der Waals surface area (Å²) in [6, 6.07) is 17.7. The van der Waals surface area contributed by atoms with E-state index in [1.807, 2.05) is 0 Å². The Labute approximate surface area is 314 Å². The second-order valence-electron chi connectivity index (χ2n) is 18.0. The van der Waals surface area contributed by atoms with Crippen LogP contribution in [0.25, 0.3) is 21.8 Å². The third kappa shape index (κ3) is 7.43. The van der Waals surface area contributed by atoms with E-state index in [9.17, 15) is 0 Å². The SMILES string of the molecule is CC1C2CN(CCc3c([nH]c4ccccc34)C(C)(C)C2)CC1(C)C.CC1CC2CN(CCc3c([nH]c4ccccc34)C(C)(C)C2)C1.II. The summed E-state index contributed by atoms with van der Waals surface area (Å²) in [5.41, 5.74) is 9.60. The predicted molar refractivity (Wildman–Crippen MR) is 224 cm³/mol. The van der Waals surface area contributed by atoms with Crippen molar-refractivity contribution >= 4 is 59.0 Å². The molecule has 0 radical (unpaired) electrons. The van der Waals surface area contributed by atoms with Crippen LogP contribution in [0.5, 0.6) is 0 Å². The first-order valence-corrected chi connectivity index (χ1v) is 24.9. The first-order chi connectivity index (χ1) is 22.8. The monoisotopic (exact) mass is 874 g/mol. The zero-order valence-electron chi connectivity index (χ0n) is 30.9. The van der Waals surface area contributed by atoms with E-state index >= 15 is 0 Å². The molecule has 0 amide bonds. The standard InChI is InChI=1S/C22H32N2.C20H28N2.I2/c1-15-16-12-21(2,3)20-18(17-8-6-7-9-19(17)23-20)10-11-24(13-16)14-22(15,4)5;1-14-10-15-11-20(2,3)19-17(8-9-22(12-14)13-15)16-6-4-5-7-18(16)21-19;1-2/h6-9,15-16,23H,10-14H2,1-5H3;4-7,14-15,21H,8-13H2,1-3H3;. The van der Waals surface area contributed by atoms with Crippen molar-refractivity contribution in [2.24, 2.45) is 29.1 Å². The number of fused-ring (bicyclic) bond motifs is 10. The van der Waals surface area contributed by atoms with E-state index in [1.165, 1.54) is 105 Å². The minimum absolute atomic E-state index is 0.205. The van der Waals surface area contributed by atoms with Gasteiger partial charge in [0, 0.05) is 121 Å². The van der Waals surface area contributed by atoms with Crippen LogP contribution in [0.3, 0.4) is 0 Å². The van der Waals surface area contributed by atoms with Crippen molar-refractivity contribution in [2.45, 2.75) is 98.3 Å². The first kappa shape index (κ1) is 36.7. The van der Waals surface area contributed by atoms with Crippen molar-refractivity contribution in [2.75, 3.05) is 39.3 Å². The number of hydrogen-bond acceptors (Lipinski definition) is 2. The molecular weight excluding hydrogens is 814 g/mol. The minimum atomic E-state index is 0.205. The lowest BCUT2D eigenvalue weighted by molar-refractivity contribution is 0.00610. The lowest BCUT2D eigenvalue weighted by atomic mass is 9.65. The molecule has 4 aliphatic rings. The molecule has 8 rings (SSSR count). The molecule has 2 aromatic heterocycles. The van der Waals surface area contributed by atoms with Gasteiger partial charge in [-0.25, -0.2) is 0 Å². The second kappa shape index (κ2) is 14.5. The van der Waals surface area contributed by atoms with Gasteiger partial charge >= 0.3 is 0 Å². The summed E-state index contributed by atoms with van der Waals surface area (Å²) in [4.78, 5) is 13.0. The van der Waals surface area contributed by atoms with Crippen LogP contribution >= 0.6 is 37.2 Å². The van der Waals surface area contributed by atoms with Crippen LogP contribution in [0.1, 0.15) is 97.2 Å². The van der Waals surface area contributed by atoms with Crippen LogP contribution in [0, 0.1) is 29.1 Å². The maximum atomic E-state index is 3.80. The fraction of sp³-hybridized carbons (Fsp3) is 0.619. The number of nitrogens with one attached hydrogen (secondary N) is 2. The topological polar surface area (TPSA) is 38.1 Å². The van der Waals surface area contributed by atoms with Gasteiger partial charge in [-0.2, -0.15) is 0 Å². The molecule has 2 fully saturated rings. The molecule has 6 heterocycles. The maximum absolute atomic E-state index is 3.80. The number of para-hydroxylation sites is 2. The van der Waals surface area contributed by atoms with Crippen molar-refractivity contribution in [1.29, 1.82) is 0 Å². The summed E-state index contributed by atoms with van der Waals surface area (Å²) in [6.45, 7) is 27.1. The Bertz CT molecular complexity index is 1700. The van der Waals surface area contributed by atoms with Gasteiger partial charge in [0.05, 0.1) is 0 Å². The summed E-state index contributed by atoms with van der Waals surface area (Å²) in [7, 11) is 0. The van der Waals surface area contributed by atoms with Crippen LogP contribution < -0.4 is 0 Å². The number of benzene rings is 2. The number of H-pyrrole nitrogens is 2.